The summed E-state index contributed by atoms with van der Waals surface area (Å²) in [6.45, 7) is -0.0274. The quantitative estimate of drug-likeness (QED) is 0.509. The molecule has 3 amide bonds. The van der Waals surface area contributed by atoms with Crippen molar-refractivity contribution in [1.82, 2.24) is 15.5 Å². The van der Waals surface area contributed by atoms with Crippen molar-refractivity contribution in [1.29, 1.82) is 0 Å². The van der Waals surface area contributed by atoms with E-state index in [9.17, 15) is 14.4 Å². The number of rotatable bonds is 9. The molecule has 2 aromatic carbocycles. The van der Waals surface area contributed by atoms with Crippen molar-refractivity contribution in [2.75, 3.05) is 6.54 Å². The van der Waals surface area contributed by atoms with E-state index in [1.807, 2.05) is 60.7 Å². The van der Waals surface area contributed by atoms with Crippen molar-refractivity contribution in [3.05, 3.63) is 95.9 Å². The number of carbonyl (C=O) groups excluding carboxylic acids is 3. The second-order valence-electron chi connectivity index (χ2n) is 8.47. The van der Waals surface area contributed by atoms with E-state index in [-0.39, 0.29) is 36.7 Å². The summed E-state index contributed by atoms with van der Waals surface area (Å²) in [5.74, 6) is -0.926. The number of hydrogen-bond acceptors (Lipinski definition) is 4. The van der Waals surface area contributed by atoms with E-state index in [1.165, 1.54) is 17.2 Å². The normalized spacial score (nSPS) is 14.4. The molecule has 1 heterocycles. The van der Waals surface area contributed by atoms with E-state index in [0.717, 1.165) is 36.8 Å². The maximum atomic E-state index is 13.6. The van der Waals surface area contributed by atoms with Crippen LogP contribution in [0.4, 0.5) is 0 Å². The van der Waals surface area contributed by atoms with Gasteiger partial charge < -0.3 is 20.0 Å². The lowest BCUT2D eigenvalue weighted by Crippen LogP contribution is -2.48. The van der Waals surface area contributed by atoms with Crippen LogP contribution in [0, 0.1) is 0 Å². The van der Waals surface area contributed by atoms with Gasteiger partial charge in [-0.25, -0.2) is 0 Å². The topological polar surface area (TPSA) is 91.7 Å². The summed E-state index contributed by atoms with van der Waals surface area (Å²) in [5.41, 5.74) is 1.61. The van der Waals surface area contributed by atoms with E-state index in [1.54, 1.807) is 6.07 Å². The monoisotopic (exact) mass is 459 g/mol. The number of hydrogen-bond donors (Lipinski definition) is 2. The van der Waals surface area contributed by atoms with Gasteiger partial charge in [-0.15, -0.1) is 0 Å². The lowest BCUT2D eigenvalue weighted by Gasteiger charge is -2.32. The fraction of sp³-hybridized carbons (Fsp3) is 0.296. The van der Waals surface area contributed by atoms with Crippen LogP contribution in [0.2, 0.25) is 0 Å². The minimum Gasteiger partial charge on any atom is -0.459 e. The molecule has 0 aliphatic heterocycles. The Morgan fingerprint density at radius 1 is 0.912 bits per heavy atom. The molecule has 0 unspecified atom stereocenters. The van der Waals surface area contributed by atoms with Crippen LogP contribution in [-0.4, -0.2) is 35.2 Å². The van der Waals surface area contributed by atoms with Gasteiger partial charge in [0.1, 0.15) is 6.04 Å². The molecule has 1 aliphatic carbocycles. The highest BCUT2D eigenvalue weighted by Crippen LogP contribution is 2.26. The summed E-state index contributed by atoms with van der Waals surface area (Å²) < 4.78 is 5.11. The van der Waals surface area contributed by atoms with Crippen molar-refractivity contribution in [2.45, 2.75) is 44.3 Å². The van der Waals surface area contributed by atoms with Crippen LogP contribution in [0.1, 0.15) is 53.4 Å². The average Bonchev–Trinajstić information content (AvgIpc) is 3.58. The minimum absolute atomic E-state index is 0.117. The average molecular weight is 460 g/mol. The lowest BCUT2D eigenvalue weighted by atomic mass is 10.0. The summed E-state index contributed by atoms with van der Waals surface area (Å²) in [6.07, 6.45) is 5.47. The molecular weight excluding hydrogens is 430 g/mol. The predicted octanol–water partition coefficient (Wildman–Crippen LogP) is 3.84. The summed E-state index contributed by atoms with van der Waals surface area (Å²) >= 11 is 0. The van der Waals surface area contributed by atoms with Gasteiger partial charge >= 0.3 is 0 Å². The number of benzene rings is 2. The SMILES string of the molecule is O=C(NCC(=O)N(Cc1ccccc1)[C@@H](C(=O)NC1CCCC1)c1ccccc1)c1ccco1. The van der Waals surface area contributed by atoms with Crippen LogP contribution in [0.3, 0.4) is 0 Å². The summed E-state index contributed by atoms with van der Waals surface area (Å²) in [4.78, 5) is 40.9. The second kappa shape index (κ2) is 11.3. The molecule has 7 heteroatoms. The third-order valence-corrected chi connectivity index (χ3v) is 6.04. The number of nitrogens with one attached hydrogen (secondary N) is 2. The van der Waals surface area contributed by atoms with Crippen LogP contribution in [0.25, 0.3) is 0 Å². The Morgan fingerprint density at radius 2 is 1.59 bits per heavy atom. The number of furan rings is 1. The van der Waals surface area contributed by atoms with Crippen molar-refractivity contribution in [3.63, 3.8) is 0 Å². The highest BCUT2D eigenvalue weighted by molar-refractivity contribution is 5.95. The predicted molar refractivity (Wildman–Crippen MR) is 128 cm³/mol. The molecule has 4 rings (SSSR count). The molecule has 0 radical (unpaired) electrons. The third kappa shape index (κ3) is 5.92. The van der Waals surface area contributed by atoms with Crippen LogP contribution in [0.15, 0.2) is 83.5 Å². The first-order valence-electron chi connectivity index (χ1n) is 11.6. The van der Waals surface area contributed by atoms with Gasteiger partial charge in [0, 0.05) is 12.6 Å². The molecule has 1 atom stereocenters. The molecule has 1 fully saturated rings. The van der Waals surface area contributed by atoms with Gasteiger partial charge in [0.2, 0.25) is 11.8 Å². The molecule has 34 heavy (non-hydrogen) atoms. The highest BCUT2D eigenvalue weighted by Gasteiger charge is 2.33. The van der Waals surface area contributed by atoms with Gasteiger partial charge in [-0.2, -0.15) is 0 Å². The van der Waals surface area contributed by atoms with E-state index in [4.69, 9.17) is 4.42 Å². The number of amides is 3. The smallest absolute Gasteiger partial charge is 0.287 e. The van der Waals surface area contributed by atoms with Crippen molar-refractivity contribution in [3.8, 4) is 0 Å². The number of carbonyl (C=O) groups is 3. The van der Waals surface area contributed by atoms with Crippen molar-refractivity contribution in [2.24, 2.45) is 0 Å². The van der Waals surface area contributed by atoms with Gasteiger partial charge in [0.05, 0.1) is 12.8 Å². The molecular formula is C27H29N3O4. The van der Waals surface area contributed by atoms with Gasteiger partial charge in [-0.3, -0.25) is 14.4 Å². The Balaban J connectivity index is 1.60. The van der Waals surface area contributed by atoms with E-state index >= 15 is 0 Å². The number of nitrogens with zero attached hydrogens (tertiary/aromatic N) is 1. The summed E-state index contributed by atoms with van der Waals surface area (Å²) in [5, 5.41) is 5.76. The fourth-order valence-corrected chi connectivity index (χ4v) is 4.31. The first-order valence-corrected chi connectivity index (χ1v) is 11.6. The van der Waals surface area contributed by atoms with Crippen LogP contribution < -0.4 is 10.6 Å². The molecule has 0 bridgehead atoms. The first kappa shape index (κ1) is 23.3. The lowest BCUT2D eigenvalue weighted by molar-refractivity contribution is -0.141. The molecule has 0 spiro atoms. The molecule has 176 valence electrons. The molecule has 1 aliphatic rings. The Labute approximate surface area is 199 Å². The maximum Gasteiger partial charge on any atom is 0.287 e. The molecule has 3 aromatic rings. The summed E-state index contributed by atoms with van der Waals surface area (Å²) in [6, 6.07) is 21.3. The second-order valence-corrected chi connectivity index (χ2v) is 8.47. The maximum absolute atomic E-state index is 13.6. The zero-order valence-corrected chi connectivity index (χ0v) is 19.0. The van der Waals surface area contributed by atoms with Gasteiger partial charge in [-0.05, 0) is 36.1 Å². The molecule has 0 saturated heterocycles. The van der Waals surface area contributed by atoms with Gasteiger partial charge in [-0.1, -0.05) is 73.5 Å². The van der Waals surface area contributed by atoms with E-state index in [0.29, 0.717) is 0 Å². The first-order chi connectivity index (χ1) is 16.6. The summed E-state index contributed by atoms with van der Waals surface area (Å²) in [7, 11) is 0. The van der Waals surface area contributed by atoms with Crippen LogP contribution >= 0.6 is 0 Å². The zero-order chi connectivity index (χ0) is 23.8. The Morgan fingerprint density at radius 3 is 2.24 bits per heavy atom. The largest absolute Gasteiger partial charge is 0.459 e. The van der Waals surface area contributed by atoms with Crippen molar-refractivity contribution >= 4 is 17.7 Å². The Kier molecular flexibility index (Phi) is 7.75. The van der Waals surface area contributed by atoms with E-state index < -0.39 is 11.9 Å². The fourth-order valence-electron chi connectivity index (χ4n) is 4.31. The Bertz CT molecular complexity index is 1080. The van der Waals surface area contributed by atoms with Crippen LogP contribution in [0.5, 0.6) is 0 Å². The molecule has 2 N–H and O–H groups in total. The van der Waals surface area contributed by atoms with Crippen molar-refractivity contribution < 1.29 is 18.8 Å². The van der Waals surface area contributed by atoms with E-state index in [2.05, 4.69) is 10.6 Å². The minimum atomic E-state index is -0.824. The zero-order valence-electron chi connectivity index (χ0n) is 19.0. The molecule has 7 nitrogen and oxygen atoms in total. The third-order valence-electron chi connectivity index (χ3n) is 6.04. The van der Waals surface area contributed by atoms with Gasteiger partial charge in [0.15, 0.2) is 5.76 Å². The molecule has 1 aromatic heterocycles. The van der Waals surface area contributed by atoms with Crippen LogP contribution in [-0.2, 0) is 16.1 Å². The Hall–Kier alpha value is -3.87. The van der Waals surface area contributed by atoms with Gasteiger partial charge in [0.25, 0.3) is 5.91 Å². The highest BCUT2D eigenvalue weighted by atomic mass is 16.3. The standard InChI is InChI=1S/C27H29N3O4/c31-24(18-28-26(32)23-16-9-17-34-23)30(19-20-10-3-1-4-11-20)25(21-12-5-2-6-13-21)27(33)29-22-14-7-8-15-22/h1-6,9-13,16-17,22,25H,7-8,14-15,18-19H2,(H,28,32)(H,29,33)/t25-/m1/s1. The molecule has 1 saturated carbocycles.